The Morgan fingerprint density at radius 1 is 0.837 bits per heavy atom. The van der Waals surface area contributed by atoms with Gasteiger partial charge in [-0.15, -0.1) is 0 Å². The number of hydrogen-bond acceptors (Lipinski definition) is 2. The maximum absolute atomic E-state index is 6.95. The second-order valence-electron chi connectivity index (χ2n) is 11.4. The SMILES string of the molecule is C/C=C\C=C/Cc1ccc(C(N)C(C)C(=Nc2ccc(C3=CCC(C)C=C3)cc2)c2ccc(-c3ccccc3)cc2)cc1. The Hall–Kier alpha value is -4.53. The third-order valence-corrected chi connectivity index (χ3v) is 8.18. The molecule has 5 rings (SSSR count). The van der Waals surface area contributed by atoms with E-state index in [2.05, 4.69) is 147 Å². The van der Waals surface area contributed by atoms with Crippen molar-refractivity contribution in [2.75, 3.05) is 0 Å². The van der Waals surface area contributed by atoms with Crippen LogP contribution in [0.3, 0.4) is 0 Å². The predicted molar refractivity (Wildman–Crippen MR) is 186 cm³/mol. The zero-order chi connectivity index (χ0) is 30.0. The van der Waals surface area contributed by atoms with E-state index in [4.69, 9.17) is 10.7 Å². The molecule has 3 atom stereocenters. The van der Waals surface area contributed by atoms with Gasteiger partial charge in [0, 0.05) is 12.0 Å². The first-order valence-electron chi connectivity index (χ1n) is 15.4. The molecule has 0 spiro atoms. The molecule has 0 aromatic heterocycles. The maximum Gasteiger partial charge on any atom is 0.0633 e. The molecule has 2 heteroatoms. The highest BCUT2D eigenvalue weighted by atomic mass is 14.8. The van der Waals surface area contributed by atoms with Crippen molar-refractivity contribution in [1.82, 2.24) is 0 Å². The van der Waals surface area contributed by atoms with E-state index in [1.165, 1.54) is 27.8 Å². The lowest BCUT2D eigenvalue weighted by molar-refractivity contribution is 0.597. The first kappa shape index (κ1) is 29.9. The lowest BCUT2D eigenvalue weighted by Crippen LogP contribution is -2.26. The molecule has 0 saturated carbocycles. The Morgan fingerprint density at radius 3 is 2.16 bits per heavy atom. The zero-order valence-corrected chi connectivity index (χ0v) is 25.5. The summed E-state index contributed by atoms with van der Waals surface area (Å²) in [6.07, 6.45) is 17.2. The van der Waals surface area contributed by atoms with Crippen LogP contribution in [0, 0.1) is 11.8 Å². The molecule has 1 aliphatic carbocycles. The summed E-state index contributed by atoms with van der Waals surface area (Å²) in [6, 6.07) is 36.3. The third kappa shape index (κ3) is 7.85. The van der Waals surface area contributed by atoms with Gasteiger partial charge in [0.05, 0.1) is 11.4 Å². The lowest BCUT2D eigenvalue weighted by atomic mass is 9.87. The monoisotopic (exact) mass is 562 g/mol. The Labute approximate surface area is 257 Å². The van der Waals surface area contributed by atoms with Crippen LogP contribution in [0.25, 0.3) is 16.7 Å². The molecule has 0 aliphatic heterocycles. The van der Waals surface area contributed by atoms with Gasteiger partial charge in [-0.05, 0) is 76.8 Å². The van der Waals surface area contributed by atoms with Crippen LogP contribution in [-0.4, -0.2) is 5.71 Å². The molecule has 0 amide bonds. The molecule has 0 fully saturated rings. The largest absolute Gasteiger partial charge is 0.323 e. The summed E-state index contributed by atoms with van der Waals surface area (Å²) in [5.41, 5.74) is 17.2. The van der Waals surface area contributed by atoms with Crippen molar-refractivity contribution in [3.05, 3.63) is 168 Å². The summed E-state index contributed by atoms with van der Waals surface area (Å²) in [6.45, 7) is 6.47. The molecule has 0 saturated heterocycles. The molecule has 4 aromatic rings. The van der Waals surface area contributed by atoms with E-state index in [0.717, 1.165) is 35.4 Å². The number of allylic oxidation sites excluding steroid dienone is 8. The number of nitrogens with zero attached hydrogens (tertiary/aromatic N) is 1. The molecule has 2 nitrogen and oxygen atoms in total. The van der Waals surface area contributed by atoms with E-state index in [0.29, 0.717) is 5.92 Å². The molecule has 216 valence electrons. The molecular formula is C41H42N2. The number of benzene rings is 4. The van der Waals surface area contributed by atoms with Crippen molar-refractivity contribution >= 4 is 17.0 Å². The minimum atomic E-state index is -0.195. The van der Waals surface area contributed by atoms with Crippen LogP contribution < -0.4 is 5.73 Å². The number of nitrogens with two attached hydrogens (primary N) is 1. The minimum absolute atomic E-state index is 0.00633. The molecule has 43 heavy (non-hydrogen) atoms. The van der Waals surface area contributed by atoms with Crippen molar-refractivity contribution in [2.24, 2.45) is 22.6 Å². The quantitative estimate of drug-likeness (QED) is 0.151. The minimum Gasteiger partial charge on any atom is -0.323 e. The van der Waals surface area contributed by atoms with E-state index in [9.17, 15) is 0 Å². The van der Waals surface area contributed by atoms with Crippen molar-refractivity contribution in [1.29, 1.82) is 0 Å². The summed E-state index contributed by atoms with van der Waals surface area (Å²) in [5, 5.41) is 0. The summed E-state index contributed by atoms with van der Waals surface area (Å²) >= 11 is 0. The summed E-state index contributed by atoms with van der Waals surface area (Å²) < 4.78 is 0. The maximum atomic E-state index is 6.95. The fourth-order valence-corrected chi connectivity index (χ4v) is 5.43. The Kier molecular flexibility index (Phi) is 10.2. The third-order valence-electron chi connectivity index (χ3n) is 8.18. The van der Waals surface area contributed by atoms with Gasteiger partial charge < -0.3 is 5.73 Å². The van der Waals surface area contributed by atoms with Gasteiger partial charge in [0.25, 0.3) is 0 Å². The van der Waals surface area contributed by atoms with Crippen LogP contribution in [0.2, 0.25) is 0 Å². The highest BCUT2D eigenvalue weighted by Gasteiger charge is 2.22. The first-order valence-corrected chi connectivity index (χ1v) is 15.4. The standard InChI is InChI=1S/C41H42N2/c1-4-5-6-8-11-32-16-20-37(21-17-32)40(42)31(3)41(38-24-22-35(23-25-38)33-12-9-7-10-13-33)43-39-28-26-36(27-29-39)34-18-14-30(2)15-19-34/h4-10,12-14,16-31,40H,11,15,42H2,1-3H3/b5-4-,8-6-,43-41?. The molecule has 0 bridgehead atoms. The van der Waals surface area contributed by atoms with Gasteiger partial charge in [-0.1, -0.05) is 147 Å². The van der Waals surface area contributed by atoms with Crippen molar-refractivity contribution in [2.45, 2.75) is 39.7 Å². The van der Waals surface area contributed by atoms with E-state index >= 15 is 0 Å². The van der Waals surface area contributed by atoms with Crippen LogP contribution in [0.1, 0.15) is 55.5 Å². The normalized spacial score (nSPS) is 16.9. The van der Waals surface area contributed by atoms with Crippen LogP contribution in [-0.2, 0) is 6.42 Å². The van der Waals surface area contributed by atoms with E-state index < -0.39 is 0 Å². The van der Waals surface area contributed by atoms with Crippen LogP contribution in [0.15, 0.2) is 151 Å². The van der Waals surface area contributed by atoms with Gasteiger partial charge in [0.15, 0.2) is 0 Å². The Bertz CT molecular complexity index is 1620. The highest BCUT2D eigenvalue weighted by molar-refractivity contribution is 6.04. The van der Waals surface area contributed by atoms with E-state index in [1.54, 1.807) is 0 Å². The average Bonchev–Trinajstić information content (AvgIpc) is 3.06. The highest BCUT2D eigenvalue weighted by Crippen LogP contribution is 2.30. The van der Waals surface area contributed by atoms with Gasteiger partial charge >= 0.3 is 0 Å². The fourth-order valence-electron chi connectivity index (χ4n) is 5.43. The number of hydrogen-bond donors (Lipinski definition) is 1. The summed E-state index contributed by atoms with van der Waals surface area (Å²) in [4.78, 5) is 5.24. The first-order chi connectivity index (χ1) is 21.0. The second kappa shape index (κ2) is 14.6. The van der Waals surface area contributed by atoms with Crippen LogP contribution in [0.5, 0.6) is 0 Å². The predicted octanol–water partition coefficient (Wildman–Crippen LogP) is 10.5. The van der Waals surface area contributed by atoms with Crippen molar-refractivity contribution in [3.63, 3.8) is 0 Å². The van der Waals surface area contributed by atoms with Gasteiger partial charge in [-0.2, -0.15) is 0 Å². The smallest absolute Gasteiger partial charge is 0.0633 e. The number of aliphatic imine (C=N–C) groups is 1. The van der Waals surface area contributed by atoms with E-state index in [1.807, 2.05) is 19.1 Å². The Balaban J connectivity index is 1.43. The van der Waals surface area contributed by atoms with Crippen molar-refractivity contribution in [3.8, 4) is 11.1 Å². The topological polar surface area (TPSA) is 38.4 Å². The fraction of sp³-hybridized carbons (Fsp3) is 0.195. The Morgan fingerprint density at radius 2 is 1.51 bits per heavy atom. The molecule has 0 heterocycles. The van der Waals surface area contributed by atoms with Crippen LogP contribution in [0.4, 0.5) is 5.69 Å². The molecule has 3 unspecified atom stereocenters. The van der Waals surface area contributed by atoms with Gasteiger partial charge in [0.1, 0.15) is 0 Å². The lowest BCUT2D eigenvalue weighted by Gasteiger charge is -2.23. The van der Waals surface area contributed by atoms with Crippen LogP contribution >= 0.6 is 0 Å². The summed E-state index contributed by atoms with van der Waals surface area (Å²) in [5.74, 6) is 0.596. The zero-order valence-electron chi connectivity index (χ0n) is 25.5. The molecular weight excluding hydrogens is 520 g/mol. The number of rotatable bonds is 10. The molecule has 4 aromatic carbocycles. The second-order valence-corrected chi connectivity index (χ2v) is 11.4. The van der Waals surface area contributed by atoms with Crippen molar-refractivity contribution < 1.29 is 0 Å². The van der Waals surface area contributed by atoms with Gasteiger partial charge in [0.2, 0.25) is 0 Å². The van der Waals surface area contributed by atoms with Gasteiger partial charge in [-0.25, -0.2) is 0 Å². The van der Waals surface area contributed by atoms with Gasteiger partial charge in [-0.3, -0.25) is 4.99 Å². The summed E-state index contributed by atoms with van der Waals surface area (Å²) in [7, 11) is 0. The molecule has 1 aliphatic rings. The van der Waals surface area contributed by atoms with E-state index in [-0.39, 0.29) is 12.0 Å². The molecule has 0 radical (unpaired) electrons. The average molecular weight is 563 g/mol. The molecule has 2 N–H and O–H groups in total.